The highest BCUT2D eigenvalue weighted by Crippen LogP contribution is 2.41. The third kappa shape index (κ3) is 3.36. The summed E-state index contributed by atoms with van der Waals surface area (Å²) in [7, 11) is 1.56. The third-order valence-electron chi connectivity index (χ3n) is 5.01. The summed E-state index contributed by atoms with van der Waals surface area (Å²) in [6, 6.07) is 12.9. The lowest BCUT2D eigenvalue weighted by molar-refractivity contribution is 0.0696. The highest BCUT2D eigenvalue weighted by molar-refractivity contribution is 5.65. The Balaban J connectivity index is 1.75. The van der Waals surface area contributed by atoms with Crippen molar-refractivity contribution < 1.29 is 19.0 Å². The molecule has 2 unspecified atom stereocenters. The van der Waals surface area contributed by atoms with Gasteiger partial charge in [-0.15, -0.1) is 0 Å². The van der Waals surface area contributed by atoms with Gasteiger partial charge in [0, 0.05) is 24.4 Å². The fourth-order valence-electron chi connectivity index (χ4n) is 3.57. The molecular formula is C23H19F2N3O2. The molecule has 7 heteroatoms. The van der Waals surface area contributed by atoms with Crippen LogP contribution in [0.1, 0.15) is 28.6 Å². The van der Waals surface area contributed by atoms with E-state index in [2.05, 4.69) is 16.8 Å². The zero-order valence-corrected chi connectivity index (χ0v) is 16.3. The van der Waals surface area contributed by atoms with Crippen LogP contribution in [0.5, 0.6) is 0 Å². The number of anilines is 2. The summed E-state index contributed by atoms with van der Waals surface area (Å²) in [6.45, 7) is 1.80. The van der Waals surface area contributed by atoms with E-state index >= 15 is 0 Å². The van der Waals surface area contributed by atoms with Gasteiger partial charge in [-0.2, -0.15) is 0 Å². The van der Waals surface area contributed by atoms with Gasteiger partial charge in [0.1, 0.15) is 11.4 Å². The first-order valence-electron chi connectivity index (χ1n) is 9.27. The van der Waals surface area contributed by atoms with E-state index < -0.39 is 29.9 Å². The molecule has 4 rings (SSSR count). The van der Waals surface area contributed by atoms with Gasteiger partial charge in [-0.3, -0.25) is 9.88 Å². The molecule has 2 N–H and O–H groups in total. The number of aliphatic hydroxyl groups is 2. The molecule has 1 aliphatic rings. The second kappa shape index (κ2) is 7.75. The van der Waals surface area contributed by atoms with Crippen LogP contribution in [0.3, 0.4) is 0 Å². The predicted molar refractivity (Wildman–Crippen MR) is 110 cm³/mol. The molecule has 30 heavy (non-hydrogen) atoms. The molecule has 3 aromatic rings. The van der Waals surface area contributed by atoms with Gasteiger partial charge in [-0.25, -0.2) is 8.78 Å². The summed E-state index contributed by atoms with van der Waals surface area (Å²) in [5.74, 6) is 3.68. The van der Waals surface area contributed by atoms with Crippen molar-refractivity contribution in [2.24, 2.45) is 0 Å². The van der Waals surface area contributed by atoms with Crippen molar-refractivity contribution in [3.63, 3.8) is 0 Å². The molecule has 0 aliphatic carbocycles. The average Bonchev–Trinajstić information content (AvgIpc) is 2.73. The topological polar surface area (TPSA) is 59.8 Å². The molecule has 0 spiro atoms. The number of aryl methyl sites for hydroxylation is 1. The molecular weight excluding hydrogens is 388 g/mol. The largest absolute Gasteiger partial charge is 0.368 e. The van der Waals surface area contributed by atoms with Crippen molar-refractivity contribution in [2.45, 2.75) is 19.5 Å². The van der Waals surface area contributed by atoms with Crippen LogP contribution in [0, 0.1) is 30.4 Å². The number of benzene rings is 2. The van der Waals surface area contributed by atoms with E-state index in [9.17, 15) is 19.0 Å². The molecule has 0 saturated carbocycles. The lowest BCUT2D eigenvalue weighted by Gasteiger charge is -2.45. The van der Waals surface area contributed by atoms with Crippen molar-refractivity contribution in [1.82, 2.24) is 4.98 Å². The van der Waals surface area contributed by atoms with Gasteiger partial charge in [-0.1, -0.05) is 30.0 Å². The van der Waals surface area contributed by atoms with E-state index in [0.717, 1.165) is 22.6 Å². The molecule has 0 fully saturated rings. The van der Waals surface area contributed by atoms with E-state index in [4.69, 9.17) is 0 Å². The Bertz CT molecular complexity index is 1140. The summed E-state index contributed by atoms with van der Waals surface area (Å²) in [5, 5.41) is 21.5. The lowest BCUT2D eigenvalue weighted by Crippen LogP contribution is -2.54. The van der Waals surface area contributed by atoms with Gasteiger partial charge in [0.25, 0.3) is 0 Å². The standard InChI is InChI=1S/C23H19F2N3O2/c1-14-10-11-26-19-20(14)27(2)23(30)28(22(19)29)21-17(24)12-16(13-18(21)25)9-8-15-6-4-3-5-7-15/h3-7,10-13,22-23,29-30H,1-2H3. The average molecular weight is 407 g/mol. The van der Waals surface area contributed by atoms with Crippen LogP contribution >= 0.6 is 0 Å². The molecule has 2 heterocycles. The van der Waals surface area contributed by atoms with Gasteiger partial charge in [-0.05, 0) is 42.8 Å². The lowest BCUT2D eigenvalue weighted by atomic mass is 10.1. The molecule has 2 atom stereocenters. The van der Waals surface area contributed by atoms with E-state index in [-0.39, 0.29) is 11.3 Å². The number of hydrogen-bond donors (Lipinski definition) is 2. The van der Waals surface area contributed by atoms with Crippen LogP contribution in [0.2, 0.25) is 0 Å². The number of fused-ring (bicyclic) bond motifs is 1. The number of aliphatic hydroxyl groups excluding tert-OH is 2. The first-order valence-corrected chi connectivity index (χ1v) is 9.27. The van der Waals surface area contributed by atoms with Crippen molar-refractivity contribution in [1.29, 1.82) is 0 Å². The van der Waals surface area contributed by atoms with E-state index in [1.54, 1.807) is 32.2 Å². The molecule has 5 nitrogen and oxygen atoms in total. The number of aromatic nitrogens is 1. The maximum absolute atomic E-state index is 14.9. The minimum absolute atomic E-state index is 0.140. The van der Waals surface area contributed by atoms with Crippen molar-refractivity contribution in [3.8, 4) is 11.8 Å². The zero-order chi connectivity index (χ0) is 21.4. The number of halogens is 2. The predicted octanol–water partition coefficient (Wildman–Crippen LogP) is 3.29. The summed E-state index contributed by atoms with van der Waals surface area (Å²) in [6.07, 6.45) is -1.53. The molecule has 1 aliphatic heterocycles. The van der Waals surface area contributed by atoms with Crippen LogP contribution in [0.15, 0.2) is 54.7 Å². The van der Waals surface area contributed by atoms with E-state index in [0.29, 0.717) is 11.3 Å². The second-order valence-corrected chi connectivity index (χ2v) is 7.00. The van der Waals surface area contributed by atoms with E-state index in [1.807, 2.05) is 18.2 Å². The summed E-state index contributed by atoms with van der Waals surface area (Å²) in [5.41, 5.74) is 1.79. The first kappa shape index (κ1) is 19.8. The normalized spacial score (nSPS) is 17.9. The number of rotatable bonds is 1. The van der Waals surface area contributed by atoms with Crippen molar-refractivity contribution >= 4 is 11.4 Å². The minimum atomic E-state index is -1.53. The quantitative estimate of drug-likeness (QED) is 0.607. The Morgan fingerprint density at radius 1 is 0.933 bits per heavy atom. The molecule has 0 amide bonds. The monoisotopic (exact) mass is 407 g/mol. The van der Waals surface area contributed by atoms with Crippen LogP contribution < -0.4 is 9.80 Å². The maximum Gasteiger partial charge on any atom is 0.210 e. The smallest absolute Gasteiger partial charge is 0.210 e. The van der Waals surface area contributed by atoms with Gasteiger partial charge < -0.3 is 15.1 Å². The number of hydrogen-bond acceptors (Lipinski definition) is 5. The Morgan fingerprint density at radius 3 is 2.23 bits per heavy atom. The number of pyridine rings is 1. The number of nitrogens with zero attached hydrogens (tertiary/aromatic N) is 3. The SMILES string of the molecule is Cc1ccnc2c1N(C)C(O)N(c1c(F)cc(C#Cc3ccccc3)cc1F)C2O. The van der Waals surface area contributed by atoms with E-state index in [1.165, 1.54) is 11.1 Å². The van der Waals surface area contributed by atoms with Crippen LogP contribution in [0.25, 0.3) is 0 Å². The molecule has 1 aromatic heterocycles. The maximum atomic E-state index is 14.9. The second-order valence-electron chi connectivity index (χ2n) is 7.00. The van der Waals surface area contributed by atoms with Gasteiger partial charge in [0.15, 0.2) is 17.9 Å². The summed E-state index contributed by atoms with van der Waals surface area (Å²) < 4.78 is 29.9. The molecule has 152 valence electrons. The fraction of sp³-hybridized carbons (Fsp3) is 0.174. The van der Waals surface area contributed by atoms with Gasteiger partial charge in [0.05, 0.1) is 5.69 Å². The molecule has 0 saturated heterocycles. The Hall–Kier alpha value is -3.47. The summed E-state index contributed by atoms with van der Waals surface area (Å²) >= 11 is 0. The Kier molecular flexibility index (Phi) is 5.12. The van der Waals surface area contributed by atoms with Gasteiger partial charge in [0.2, 0.25) is 6.35 Å². The van der Waals surface area contributed by atoms with Crippen molar-refractivity contribution in [2.75, 3.05) is 16.8 Å². The van der Waals surface area contributed by atoms with Crippen LogP contribution in [0.4, 0.5) is 20.2 Å². The zero-order valence-electron chi connectivity index (χ0n) is 16.3. The fourth-order valence-corrected chi connectivity index (χ4v) is 3.57. The minimum Gasteiger partial charge on any atom is -0.368 e. The van der Waals surface area contributed by atoms with Crippen LogP contribution in [-0.4, -0.2) is 28.6 Å². The molecule has 0 radical (unpaired) electrons. The molecule has 0 bridgehead atoms. The van der Waals surface area contributed by atoms with Crippen molar-refractivity contribution in [3.05, 3.63) is 88.7 Å². The summed E-state index contributed by atoms with van der Waals surface area (Å²) in [4.78, 5) is 6.41. The highest BCUT2D eigenvalue weighted by Gasteiger charge is 2.40. The first-order chi connectivity index (χ1) is 14.4. The molecule has 2 aromatic carbocycles. The third-order valence-corrected chi connectivity index (χ3v) is 5.01. The highest BCUT2D eigenvalue weighted by atomic mass is 19.1. The Labute approximate surface area is 172 Å². The Morgan fingerprint density at radius 2 is 1.57 bits per heavy atom. The van der Waals surface area contributed by atoms with Crippen LogP contribution in [-0.2, 0) is 0 Å². The van der Waals surface area contributed by atoms with Gasteiger partial charge >= 0.3 is 0 Å².